The summed E-state index contributed by atoms with van der Waals surface area (Å²) in [4.78, 5) is 14.0. The summed E-state index contributed by atoms with van der Waals surface area (Å²) < 4.78 is 12.8. The Hall–Kier alpha value is -1.42. The molecule has 1 unspecified atom stereocenters. The van der Waals surface area contributed by atoms with Crippen LogP contribution in [-0.4, -0.2) is 35.1 Å². The van der Waals surface area contributed by atoms with Gasteiger partial charge in [-0.25, -0.2) is 4.39 Å². The maximum Gasteiger partial charge on any atom is 0.222 e. The van der Waals surface area contributed by atoms with E-state index >= 15 is 0 Å². The second-order valence-corrected chi connectivity index (χ2v) is 5.59. The van der Waals surface area contributed by atoms with Gasteiger partial charge >= 0.3 is 0 Å². The standard InChI is InChI=1S/C16H22FNO2/c1-12(19)14-8-10-18(11-9-14)16(20)7-4-13-2-5-15(17)6-3-13/h2-3,5-6,12,14,19H,4,7-11H2,1H3. The Bertz CT molecular complexity index is 436. The van der Waals surface area contributed by atoms with Crippen molar-refractivity contribution in [3.63, 3.8) is 0 Å². The van der Waals surface area contributed by atoms with E-state index in [1.54, 1.807) is 12.1 Å². The van der Waals surface area contributed by atoms with Crippen molar-refractivity contribution in [1.29, 1.82) is 0 Å². The maximum atomic E-state index is 12.8. The van der Waals surface area contributed by atoms with E-state index < -0.39 is 0 Å². The molecule has 0 aromatic heterocycles. The van der Waals surface area contributed by atoms with E-state index in [-0.39, 0.29) is 17.8 Å². The molecule has 3 nitrogen and oxygen atoms in total. The first-order chi connectivity index (χ1) is 9.56. The molecular formula is C16H22FNO2. The first-order valence-corrected chi connectivity index (χ1v) is 7.26. The van der Waals surface area contributed by atoms with Gasteiger partial charge in [-0.1, -0.05) is 12.1 Å². The molecule has 0 aliphatic carbocycles. The fourth-order valence-corrected chi connectivity index (χ4v) is 2.69. The van der Waals surface area contributed by atoms with Gasteiger partial charge in [0.25, 0.3) is 0 Å². The van der Waals surface area contributed by atoms with Gasteiger partial charge in [0.1, 0.15) is 5.82 Å². The van der Waals surface area contributed by atoms with Crippen LogP contribution >= 0.6 is 0 Å². The van der Waals surface area contributed by atoms with Crippen molar-refractivity contribution >= 4 is 5.91 Å². The Morgan fingerprint density at radius 3 is 2.50 bits per heavy atom. The molecule has 1 N–H and O–H groups in total. The van der Waals surface area contributed by atoms with Crippen LogP contribution in [0.1, 0.15) is 31.7 Å². The summed E-state index contributed by atoms with van der Waals surface area (Å²) in [7, 11) is 0. The quantitative estimate of drug-likeness (QED) is 0.919. The topological polar surface area (TPSA) is 40.5 Å². The molecule has 1 aromatic rings. The lowest BCUT2D eigenvalue weighted by Crippen LogP contribution is -2.40. The van der Waals surface area contributed by atoms with E-state index in [0.29, 0.717) is 18.8 Å². The molecule has 1 saturated heterocycles. The van der Waals surface area contributed by atoms with Gasteiger partial charge in [-0.2, -0.15) is 0 Å². The molecular weight excluding hydrogens is 257 g/mol. The van der Waals surface area contributed by atoms with Crippen LogP contribution in [0, 0.1) is 11.7 Å². The SMILES string of the molecule is CC(O)C1CCN(C(=O)CCc2ccc(F)cc2)CC1. The van der Waals surface area contributed by atoms with Crippen LogP contribution in [0.2, 0.25) is 0 Å². The average Bonchev–Trinajstić information content (AvgIpc) is 2.46. The molecule has 1 aromatic carbocycles. The van der Waals surface area contributed by atoms with Crippen LogP contribution < -0.4 is 0 Å². The number of amides is 1. The molecule has 1 atom stereocenters. The second-order valence-electron chi connectivity index (χ2n) is 5.59. The number of hydrogen-bond donors (Lipinski definition) is 1. The summed E-state index contributed by atoms with van der Waals surface area (Å²) in [6.07, 6.45) is 2.58. The van der Waals surface area contributed by atoms with Gasteiger partial charge in [0.15, 0.2) is 0 Å². The highest BCUT2D eigenvalue weighted by atomic mass is 19.1. The molecule has 1 aliphatic heterocycles. The first-order valence-electron chi connectivity index (χ1n) is 7.26. The Kier molecular flexibility index (Phi) is 5.12. The zero-order valence-corrected chi connectivity index (χ0v) is 11.9. The van der Waals surface area contributed by atoms with E-state index in [1.165, 1.54) is 12.1 Å². The molecule has 0 spiro atoms. The lowest BCUT2D eigenvalue weighted by molar-refractivity contribution is -0.133. The van der Waals surface area contributed by atoms with Gasteiger partial charge < -0.3 is 10.0 Å². The molecule has 0 radical (unpaired) electrons. The summed E-state index contributed by atoms with van der Waals surface area (Å²) in [5, 5.41) is 9.54. The predicted molar refractivity (Wildman–Crippen MR) is 75.7 cm³/mol. The lowest BCUT2D eigenvalue weighted by atomic mass is 9.92. The first kappa shape index (κ1) is 15.0. The monoisotopic (exact) mass is 279 g/mol. The van der Waals surface area contributed by atoms with Crippen LogP contribution in [0.25, 0.3) is 0 Å². The van der Waals surface area contributed by atoms with Gasteiger partial charge in [-0.15, -0.1) is 0 Å². The molecule has 0 saturated carbocycles. The van der Waals surface area contributed by atoms with Crippen molar-refractivity contribution in [1.82, 2.24) is 4.90 Å². The van der Waals surface area contributed by atoms with Crippen LogP contribution in [-0.2, 0) is 11.2 Å². The van der Waals surface area contributed by atoms with E-state index in [9.17, 15) is 14.3 Å². The van der Waals surface area contributed by atoms with Crippen molar-refractivity contribution in [2.45, 2.75) is 38.7 Å². The van der Waals surface area contributed by atoms with Gasteiger partial charge in [-0.3, -0.25) is 4.79 Å². The van der Waals surface area contributed by atoms with Crippen molar-refractivity contribution in [3.05, 3.63) is 35.6 Å². The molecule has 2 rings (SSSR count). The minimum absolute atomic E-state index is 0.151. The number of likely N-dealkylation sites (tertiary alicyclic amines) is 1. The number of carbonyl (C=O) groups is 1. The number of benzene rings is 1. The molecule has 20 heavy (non-hydrogen) atoms. The number of rotatable bonds is 4. The number of hydrogen-bond acceptors (Lipinski definition) is 2. The van der Waals surface area contributed by atoms with Crippen molar-refractivity contribution in [3.8, 4) is 0 Å². The lowest BCUT2D eigenvalue weighted by Gasteiger charge is -2.33. The summed E-state index contributed by atoms with van der Waals surface area (Å²) >= 11 is 0. The fourth-order valence-electron chi connectivity index (χ4n) is 2.69. The third-order valence-corrected chi connectivity index (χ3v) is 4.12. The Morgan fingerprint density at radius 2 is 1.95 bits per heavy atom. The van der Waals surface area contributed by atoms with Crippen molar-refractivity contribution in [2.24, 2.45) is 5.92 Å². The van der Waals surface area contributed by atoms with E-state index in [1.807, 2.05) is 11.8 Å². The van der Waals surface area contributed by atoms with Crippen molar-refractivity contribution in [2.75, 3.05) is 13.1 Å². The summed E-state index contributed by atoms with van der Waals surface area (Å²) in [5.74, 6) is 0.217. The summed E-state index contributed by atoms with van der Waals surface area (Å²) in [6, 6.07) is 6.30. The summed E-state index contributed by atoms with van der Waals surface area (Å²) in [6.45, 7) is 3.28. The average molecular weight is 279 g/mol. The van der Waals surface area contributed by atoms with E-state index in [2.05, 4.69) is 0 Å². The van der Waals surface area contributed by atoms with E-state index in [0.717, 1.165) is 31.5 Å². The van der Waals surface area contributed by atoms with Crippen LogP contribution in [0.5, 0.6) is 0 Å². The van der Waals surface area contributed by atoms with E-state index in [4.69, 9.17) is 0 Å². The Labute approximate surface area is 119 Å². The Balaban J connectivity index is 1.77. The highest BCUT2D eigenvalue weighted by Crippen LogP contribution is 2.21. The maximum absolute atomic E-state index is 12.8. The number of nitrogens with zero attached hydrogens (tertiary/aromatic N) is 1. The highest BCUT2D eigenvalue weighted by molar-refractivity contribution is 5.76. The zero-order chi connectivity index (χ0) is 14.5. The number of carbonyl (C=O) groups excluding carboxylic acids is 1. The molecule has 0 bridgehead atoms. The summed E-state index contributed by atoms with van der Waals surface area (Å²) in [5.41, 5.74) is 0.985. The fraction of sp³-hybridized carbons (Fsp3) is 0.562. The van der Waals surface area contributed by atoms with Crippen LogP contribution in [0.15, 0.2) is 24.3 Å². The van der Waals surface area contributed by atoms with Gasteiger partial charge in [0.2, 0.25) is 5.91 Å². The number of aliphatic hydroxyl groups is 1. The minimum atomic E-state index is -0.286. The second kappa shape index (κ2) is 6.84. The Morgan fingerprint density at radius 1 is 1.35 bits per heavy atom. The molecule has 1 amide bonds. The largest absolute Gasteiger partial charge is 0.393 e. The predicted octanol–water partition coefficient (Wildman–Crippen LogP) is 2.38. The minimum Gasteiger partial charge on any atom is -0.393 e. The number of aliphatic hydroxyl groups excluding tert-OH is 1. The highest BCUT2D eigenvalue weighted by Gasteiger charge is 2.24. The van der Waals surface area contributed by atoms with Gasteiger partial charge in [0, 0.05) is 19.5 Å². The normalized spacial score (nSPS) is 18.1. The van der Waals surface area contributed by atoms with Crippen LogP contribution in [0.3, 0.4) is 0 Å². The smallest absolute Gasteiger partial charge is 0.222 e. The third-order valence-electron chi connectivity index (χ3n) is 4.12. The van der Waals surface area contributed by atoms with Gasteiger partial charge in [-0.05, 0) is 49.8 Å². The third kappa shape index (κ3) is 4.04. The zero-order valence-electron chi connectivity index (χ0n) is 11.9. The van der Waals surface area contributed by atoms with Crippen molar-refractivity contribution < 1.29 is 14.3 Å². The molecule has 110 valence electrons. The van der Waals surface area contributed by atoms with Crippen LogP contribution in [0.4, 0.5) is 4.39 Å². The number of aryl methyl sites for hydroxylation is 1. The molecule has 4 heteroatoms. The number of halogens is 1. The molecule has 1 fully saturated rings. The molecule has 1 aliphatic rings. The molecule has 1 heterocycles. The van der Waals surface area contributed by atoms with Gasteiger partial charge in [0.05, 0.1) is 6.10 Å². The number of piperidine rings is 1.